The summed E-state index contributed by atoms with van der Waals surface area (Å²) in [6.07, 6.45) is 9.91. The third kappa shape index (κ3) is 5.48. The first-order chi connectivity index (χ1) is 13.6. The molecule has 2 aliphatic rings. The van der Waals surface area contributed by atoms with Crippen LogP contribution in [0.3, 0.4) is 0 Å². The molecule has 1 N–H and O–H groups in total. The van der Waals surface area contributed by atoms with Gasteiger partial charge in [0.2, 0.25) is 0 Å². The van der Waals surface area contributed by atoms with Crippen LogP contribution in [0, 0.1) is 0 Å². The van der Waals surface area contributed by atoms with Crippen molar-refractivity contribution >= 4 is 11.6 Å². The normalized spacial score (nSPS) is 22.6. The van der Waals surface area contributed by atoms with Gasteiger partial charge in [-0.25, -0.2) is 0 Å². The molecule has 1 saturated heterocycles. The lowest BCUT2D eigenvalue weighted by Gasteiger charge is -2.34. The fourth-order valence-corrected chi connectivity index (χ4v) is 4.47. The molecule has 5 nitrogen and oxygen atoms in total. The Morgan fingerprint density at radius 2 is 1.89 bits per heavy atom. The number of methoxy groups -OCH3 is 1. The molecule has 0 spiro atoms. The molecule has 156 valence electrons. The molecule has 1 aromatic carbocycles. The van der Waals surface area contributed by atoms with Crippen molar-refractivity contribution in [2.75, 3.05) is 32.1 Å². The van der Waals surface area contributed by atoms with Crippen LogP contribution in [0.25, 0.3) is 0 Å². The average molecular weight is 389 g/mol. The molecule has 0 aromatic heterocycles. The predicted molar refractivity (Wildman–Crippen MR) is 113 cm³/mol. The Hall–Kier alpha value is -1.59. The van der Waals surface area contributed by atoms with Gasteiger partial charge >= 0.3 is 0 Å². The summed E-state index contributed by atoms with van der Waals surface area (Å²) < 4.78 is 11.5. The molecule has 0 unspecified atom stereocenters. The van der Waals surface area contributed by atoms with Crippen LogP contribution in [-0.4, -0.2) is 49.3 Å². The zero-order chi connectivity index (χ0) is 19.8. The maximum absolute atomic E-state index is 12.7. The fraction of sp³-hybridized carbons (Fsp3) is 0.696. The number of carbonyl (C=O) groups excluding carboxylic acids is 1. The number of piperidine rings is 1. The van der Waals surface area contributed by atoms with E-state index in [1.54, 1.807) is 7.11 Å². The molecule has 5 heteroatoms. The molecular weight excluding hydrogens is 352 g/mol. The Morgan fingerprint density at radius 1 is 1.14 bits per heavy atom. The van der Waals surface area contributed by atoms with E-state index in [1.165, 1.54) is 32.2 Å². The van der Waals surface area contributed by atoms with E-state index in [0.29, 0.717) is 6.04 Å². The second-order valence-corrected chi connectivity index (χ2v) is 8.32. The Morgan fingerprint density at radius 3 is 2.57 bits per heavy atom. The summed E-state index contributed by atoms with van der Waals surface area (Å²) in [5.74, 6) is 0.822. The van der Waals surface area contributed by atoms with Crippen LogP contribution in [0.1, 0.15) is 64.7 Å². The molecule has 1 saturated carbocycles. The highest BCUT2D eigenvalue weighted by Gasteiger charge is 2.39. The largest absolute Gasteiger partial charge is 0.494 e. The molecule has 0 radical (unpaired) electrons. The van der Waals surface area contributed by atoms with Gasteiger partial charge in [-0.1, -0.05) is 25.7 Å². The summed E-state index contributed by atoms with van der Waals surface area (Å²) >= 11 is 0. The quantitative estimate of drug-likeness (QED) is 0.660. The molecule has 1 atom stereocenters. The Kier molecular flexibility index (Phi) is 7.74. The molecule has 2 fully saturated rings. The van der Waals surface area contributed by atoms with Crippen molar-refractivity contribution in [3.05, 3.63) is 24.3 Å². The van der Waals surface area contributed by atoms with Crippen LogP contribution in [0.5, 0.6) is 5.75 Å². The van der Waals surface area contributed by atoms with Gasteiger partial charge in [0, 0.05) is 25.4 Å². The summed E-state index contributed by atoms with van der Waals surface area (Å²) in [4.78, 5) is 15.3. The van der Waals surface area contributed by atoms with E-state index in [9.17, 15) is 4.79 Å². The molecule has 1 aliphatic heterocycles. The van der Waals surface area contributed by atoms with Crippen molar-refractivity contribution in [1.82, 2.24) is 4.90 Å². The summed E-state index contributed by atoms with van der Waals surface area (Å²) in [5.41, 5.74) is 0.125. The van der Waals surface area contributed by atoms with Gasteiger partial charge in [0.1, 0.15) is 11.4 Å². The first kappa shape index (κ1) is 21.1. The van der Waals surface area contributed by atoms with Crippen molar-refractivity contribution in [1.29, 1.82) is 0 Å². The Labute approximate surface area is 169 Å². The molecular formula is C23H36N2O3. The second kappa shape index (κ2) is 10.3. The van der Waals surface area contributed by atoms with Gasteiger partial charge in [0.15, 0.2) is 0 Å². The van der Waals surface area contributed by atoms with E-state index in [-0.39, 0.29) is 5.91 Å². The van der Waals surface area contributed by atoms with Gasteiger partial charge in [0.05, 0.1) is 6.61 Å². The highest BCUT2D eigenvalue weighted by Crippen LogP contribution is 2.32. The number of likely N-dealkylation sites (tertiary alicyclic amines) is 1. The van der Waals surface area contributed by atoms with E-state index in [4.69, 9.17) is 9.47 Å². The van der Waals surface area contributed by atoms with Gasteiger partial charge in [-0.2, -0.15) is 0 Å². The maximum Gasteiger partial charge on any atom is 0.256 e. The molecule has 1 aromatic rings. The topological polar surface area (TPSA) is 50.8 Å². The number of nitrogens with one attached hydrogen (secondary N) is 1. The monoisotopic (exact) mass is 388 g/mol. The van der Waals surface area contributed by atoms with Crippen LogP contribution < -0.4 is 10.1 Å². The maximum atomic E-state index is 12.7. The van der Waals surface area contributed by atoms with Crippen LogP contribution in [0.15, 0.2) is 24.3 Å². The standard InChI is InChI=1S/C23H36N2O3/c1-19-9-4-7-16-25(19)17-8-18-28-21-12-10-20(11-13-21)24-22(26)23(27-2)14-5-3-6-15-23/h10-13,19H,3-9,14-18H2,1-2H3,(H,24,26)/t19-/m1/s1. The third-order valence-electron chi connectivity index (χ3n) is 6.38. The third-order valence-corrected chi connectivity index (χ3v) is 6.38. The number of benzene rings is 1. The van der Waals surface area contributed by atoms with Crippen LogP contribution in [0.4, 0.5) is 5.69 Å². The minimum atomic E-state index is -0.668. The number of ether oxygens (including phenoxy) is 2. The van der Waals surface area contributed by atoms with Gasteiger partial charge in [-0.3, -0.25) is 4.79 Å². The number of hydrogen-bond donors (Lipinski definition) is 1. The summed E-state index contributed by atoms with van der Waals surface area (Å²) in [5, 5.41) is 3.02. The van der Waals surface area contributed by atoms with Gasteiger partial charge in [-0.05, 0) is 69.8 Å². The Bertz CT molecular complexity index is 611. The molecule has 1 aliphatic carbocycles. The fourth-order valence-electron chi connectivity index (χ4n) is 4.47. The van der Waals surface area contributed by atoms with Crippen molar-refractivity contribution in [2.45, 2.75) is 76.4 Å². The smallest absolute Gasteiger partial charge is 0.256 e. The average Bonchev–Trinajstić information content (AvgIpc) is 2.74. The SMILES string of the molecule is COC1(C(=O)Nc2ccc(OCCCN3CCCC[C@H]3C)cc2)CCCCC1. The van der Waals surface area contributed by atoms with Crippen molar-refractivity contribution in [3.8, 4) is 5.75 Å². The number of rotatable bonds is 8. The van der Waals surface area contributed by atoms with E-state index in [0.717, 1.165) is 56.7 Å². The summed E-state index contributed by atoms with van der Waals surface area (Å²) in [7, 11) is 1.65. The first-order valence-electron chi connectivity index (χ1n) is 11.0. The predicted octanol–water partition coefficient (Wildman–Crippen LogP) is 4.62. The lowest BCUT2D eigenvalue weighted by Crippen LogP contribution is -2.46. The number of carbonyl (C=O) groups is 1. The van der Waals surface area contributed by atoms with Gasteiger partial charge in [0.25, 0.3) is 5.91 Å². The lowest BCUT2D eigenvalue weighted by atomic mass is 9.84. The van der Waals surface area contributed by atoms with Crippen molar-refractivity contribution in [2.24, 2.45) is 0 Å². The van der Waals surface area contributed by atoms with Crippen molar-refractivity contribution < 1.29 is 14.3 Å². The van der Waals surface area contributed by atoms with Gasteiger partial charge < -0.3 is 19.7 Å². The van der Waals surface area contributed by atoms with E-state index in [2.05, 4.69) is 17.1 Å². The number of anilines is 1. The minimum absolute atomic E-state index is 0.0287. The molecule has 1 amide bonds. The molecule has 3 rings (SSSR count). The molecule has 0 bridgehead atoms. The number of amides is 1. The van der Waals surface area contributed by atoms with E-state index >= 15 is 0 Å². The molecule has 1 heterocycles. The van der Waals surface area contributed by atoms with Crippen LogP contribution in [0.2, 0.25) is 0 Å². The molecule has 28 heavy (non-hydrogen) atoms. The van der Waals surface area contributed by atoms with E-state index < -0.39 is 5.60 Å². The summed E-state index contributed by atoms with van der Waals surface area (Å²) in [6.45, 7) is 5.38. The Balaban J connectivity index is 1.42. The van der Waals surface area contributed by atoms with Crippen molar-refractivity contribution in [3.63, 3.8) is 0 Å². The number of nitrogens with zero attached hydrogens (tertiary/aromatic N) is 1. The zero-order valence-electron chi connectivity index (χ0n) is 17.5. The first-order valence-corrected chi connectivity index (χ1v) is 11.0. The highest BCUT2D eigenvalue weighted by atomic mass is 16.5. The number of hydrogen-bond acceptors (Lipinski definition) is 4. The van der Waals surface area contributed by atoms with Crippen LogP contribution in [-0.2, 0) is 9.53 Å². The van der Waals surface area contributed by atoms with Gasteiger partial charge in [-0.15, -0.1) is 0 Å². The van der Waals surface area contributed by atoms with Crippen LogP contribution >= 0.6 is 0 Å². The summed E-state index contributed by atoms with van der Waals surface area (Å²) in [6, 6.07) is 8.38. The second-order valence-electron chi connectivity index (χ2n) is 8.32. The lowest BCUT2D eigenvalue weighted by molar-refractivity contribution is -0.141. The highest BCUT2D eigenvalue weighted by molar-refractivity contribution is 5.97. The zero-order valence-corrected chi connectivity index (χ0v) is 17.5. The van der Waals surface area contributed by atoms with E-state index in [1.807, 2.05) is 24.3 Å². The minimum Gasteiger partial charge on any atom is -0.494 e.